The van der Waals surface area contributed by atoms with Gasteiger partial charge in [0.05, 0.1) is 7.11 Å². The summed E-state index contributed by atoms with van der Waals surface area (Å²) in [4.78, 5) is 16.2. The molecule has 0 aliphatic heterocycles. The van der Waals surface area contributed by atoms with Crippen LogP contribution in [0.25, 0.3) is 0 Å². The SMILES string of the molecule is C=CC(=O)N(CCCCCCCCCC)OC. The van der Waals surface area contributed by atoms with Crippen LogP contribution in [-0.4, -0.2) is 24.6 Å². The molecule has 17 heavy (non-hydrogen) atoms. The van der Waals surface area contributed by atoms with Crippen molar-refractivity contribution in [2.45, 2.75) is 58.3 Å². The van der Waals surface area contributed by atoms with Gasteiger partial charge in [0.1, 0.15) is 0 Å². The summed E-state index contributed by atoms with van der Waals surface area (Å²) in [6, 6.07) is 0. The minimum Gasteiger partial charge on any atom is -0.274 e. The van der Waals surface area contributed by atoms with E-state index in [1.807, 2.05) is 0 Å². The molecule has 0 aromatic heterocycles. The third-order valence-electron chi connectivity index (χ3n) is 2.86. The fourth-order valence-corrected chi connectivity index (χ4v) is 1.78. The topological polar surface area (TPSA) is 29.5 Å². The summed E-state index contributed by atoms with van der Waals surface area (Å²) in [7, 11) is 1.52. The van der Waals surface area contributed by atoms with Crippen molar-refractivity contribution in [3.8, 4) is 0 Å². The lowest BCUT2D eigenvalue weighted by Gasteiger charge is -2.17. The van der Waals surface area contributed by atoms with E-state index in [1.165, 1.54) is 56.8 Å². The van der Waals surface area contributed by atoms with Gasteiger partial charge in [0, 0.05) is 6.54 Å². The molecule has 0 atom stereocenters. The average Bonchev–Trinajstić information content (AvgIpc) is 2.36. The van der Waals surface area contributed by atoms with Crippen molar-refractivity contribution in [2.75, 3.05) is 13.7 Å². The molecule has 0 saturated carbocycles. The molecule has 0 aliphatic carbocycles. The van der Waals surface area contributed by atoms with Gasteiger partial charge >= 0.3 is 0 Å². The minimum atomic E-state index is -0.157. The summed E-state index contributed by atoms with van der Waals surface area (Å²) in [5, 5.41) is 1.37. The van der Waals surface area contributed by atoms with Crippen molar-refractivity contribution in [3.63, 3.8) is 0 Å². The van der Waals surface area contributed by atoms with E-state index in [-0.39, 0.29) is 5.91 Å². The number of carbonyl (C=O) groups is 1. The van der Waals surface area contributed by atoms with E-state index in [9.17, 15) is 4.79 Å². The maximum absolute atomic E-state index is 11.3. The molecule has 1 amide bonds. The van der Waals surface area contributed by atoms with Gasteiger partial charge in [-0.2, -0.15) is 0 Å². The molecule has 0 rings (SSSR count). The Bertz CT molecular complexity index is 204. The van der Waals surface area contributed by atoms with Crippen molar-refractivity contribution in [1.29, 1.82) is 0 Å². The molecule has 3 nitrogen and oxygen atoms in total. The Morgan fingerprint density at radius 2 is 1.65 bits per heavy atom. The van der Waals surface area contributed by atoms with Crippen molar-refractivity contribution >= 4 is 5.91 Å². The zero-order valence-corrected chi connectivity index (χ0v) is 11.4. The Labute approximate surface area is 106 Å². The predicted octanol–water partition coefficient (Wildman–Crippen LogP) is 3.70. The molecular formula is C14H27NO2. The first-order valence-corrected chi connectivity index (χ1v) is 6.74. The van der Waals surface area contributed by atoms with Crippen molar-refractivity contribution < 1.29 is 9.63 Å². The second-order valence-electron chi connectivity index (χ2n) is 4.30. The molecule has 0 aliphatic rings. The highest BCUT2D eigenvalue weighted by atomic mass is 16.7. The summed E-state index contributed by atoms with van der Waals surface area (Å²) in [5.74, 6) is -0.157. The number of rotatable bonds is 11. The van der Waals surface area contributed by atoms with Gasteiger partial charge < -0.3 is 0 Å². The summed E-state index contributed by atoms with van der Waals surface area (Å²) < 4.78 is 0. The van der Waals surface area contributed by atoms with Crippen LogP contribution in [0.1, 0.15) is 58.3 Å². The van der Waals surface area contributed by atoms with Crippen LogP contribution in [0.15, 0.2) is 12.7 Å². The molecule has 0 radical (unpaired) electrons. The van der Waals surface area contributed by atoms with Gasteiger partial charge in [-0.1, -0.05) is 58.4 Å². The maximum atomic E-state index is 11.3. The number of nitrogens with zero attached hydrogens (tertiary/aromatic N) is 1. The van der Waals surface area contributed by atoms with E-state index in [2.05, 4.69) is 13.5 Å². The smallest absolute Gasteiger partial charge is 0.269 e. The number of hydrogen-bond donors (Lipinski definition) is 0. The summed E-state index contributed by atoms with van der Waals surface area (Å²) >= 11 is 0. The number of carbonyl (C=O) groups excluding carboxylic acids is 1. The molecule has 3 heteroatoms. The lowest BCUT2D eigenvalue weighted by molar-refractivity contribution is -0.170. The largest absolute Gasteiger partial charge is 0.274 e. The Kier molecular flexibility index (Phi) is 11.1. The molecule has 0 bridgehead atoms. The number of hydroxylamine groups is 2. The van der Waals surface area contributed by atoms with E-state index < -0.39 is 0 Å². The number of unbranched alkanes of at least 4 members (excludes halogenated alkanes) is 7. The Morgan fingerprint density at radius 1 is 1.12 bits per heavy atom. The van der Waals surface area contributed by atoms with Crippen molar-refractivity contribution in [3.05, 3.63) is 12.7 Å². The molecule has 0 N–H and O–H groups in total. The first-order valence-electron chi connectivity index (χ1n) is 6.74. The summed E-state index contributed by atoms with van der Waals surface area (Å²) in [6.45, 7) is 6.34. The molecular weight excluding hydrogens is 214 g/mol. The third kappa shape index (κ3) is 8.93. The second kappa shape index (κ2) is 11.6. The van der Waals surface area contributed by atoms with Crippen molar-refractivity contribution in [2.24, 2.45) is 0 Å². The van der Waals surface area contributed by atoms with E-state index >= 15 is 0 Å². The fraction of sp³-hybridized carbons (Fsp3) is 0.786. The van der Waals surface area contributed by atoms with Gasteiger partial charge in [-0.3, -0.25) is 9.63 Å². The van der Waals surface area contributed by atoms with Crippen LogP contribution >= 0.6 is 0 Å². The zero-order chi connectivity index (χ0) is 12.9. The van der Waals surface area contributed by atoms with Crippen LogP contribution in [0.3, 0.4) is 0 Å². The highest BCUT2D eigenvalue weighted by molar-refractivity contribution is 5.86. The Morgan fingerprint density at radius 3 is 2.12 bits per heavy atom. The normalized spacial score (nSPS) is 10.2. The molecule has 0 saturated heterocycles. The summed E-state index contributed by atoms with van der Waals surface area (Å²) in [6.07, 6.45) is 11.4. The first-order chi connectivity index (χ1) is 8.26. The lowest BCUT2D eigenvalue weighted by atomic mass is 10.1. The fourth-order valence-electron chi connectivity index (χ4n) is 1.78. The minimum absolute atomic E-state index is 0.157. The molecule has 0 aromatic rings. The molecule has 0 fully saturated rings. The summed E-state index contributed by atoms with van der Waals surface area (Å²) in [5.41, 5.74) is 0. The van der Waals surface area contributed by atoms with Gasteiger partial charge in [-0.15, -0.1) is 0 Å². The standard InChI is InChI=1S/C14H27NO2/c1-4-6-7-8-9-10-11-12-13-15(17-3)14(16)5-2/h5H,2,4,6-13H2,1,3H3. The maximum Gasteiger partial charge on any atom is 0.269 e. The van der Waals surface area contributed by atoms with Crippen LogP contribution in [0.5, 0.6) is 0 Å². The van der Waals surface area contributed by atoms with Crippen LogP contribution in [0.2, 0.25) is 0 Å². The lowest BCUT2D eigenvalue weighted by Crippen LogP contribution is -2.29. The van der Waals surface area contributed by atoms with E-state index in [4.69, 9.17) is 4.84 Å². The van der Waals surface area contributed by atoms with Gasteiger partial charge in [0.2, 0.25) is 0 Å². The molecule has 0 heterocycles. The number of hydrogen-bond acceptors (Lipinski definition) is 2. The van der Waals surface area contributed by atoms with Gasteiger partial charge in [0.25, 0.3) is 5.91 Å². The average molecular weight is 241 g/mol. The predicted molar refractivity (Wildman–Crippen MR) is 71.5 cm³/mol. The second-order valence-corrected chi connectivity index (χ2v) is 4.30. The van der Waals surface area contributed by atoms with Crippen LogP contribution in [0.4, 0.5) is 0 Å². The van der Waals surface area contributed by atoms with E-state index in [1.54, 1.807) is 0 Å². The van der Waals surface area contributed by atoms with Crippen LogP contribution in [-0.2, 0) is 9.63 Å². The highest BCUT2D eigenvalue weighted by Crippen LogP contribution is 2.09. The Balaban J connectivity index is 3.37. The van der Waals surface area contributed by atoms with Gasteiger partial charge in [0.15, 0.2) is 0 Å². The van der Waals surface area contributed by atoms with Crippen LogP contribution in [0, 0.1) is 0 Å². The van der Waals surface area contributed by atoms with Crippen molar-refractivity contribution in [1.82, 2.24) is 5.06 Å². The molecule has 0 unspecified atom stereocenters. The van der Waals surface area contributed by atoms with E-state index in [0.717, 1.165) is 12.8 Å². The van der Waals surface area contributed by atoms with E-state index in [0.29, 0.717) is 6.54 Å². The highest BCUT2D eigenvalue weighted by Gasteiger charge is 2.07. The Hall–Kier alpha value is -0.830. The molecule has 0 spiro atoms. The quantitative estimate of drug-likeness (QED) is 0.313. The zero-order valence-electron chi connectivity index (χ0n) is 11.4. The van der Waals surface area contributed by atoms with Gasteiger partial charge in [-0.05, 0) is 12.5 Å². The first kappa shape index (κ1) is 16.2. The third-order valence-corrected chi connectivity index (χ3v) is 2.86. The number of amides is 1. The monoisotopic (exact) mass is 241 g/mol. The van der Waals surface area contributed by atoms with Crippen LogP contribution < -0.4 is 0 Å². The van der Waals surface area contributed by atoms with Gasteiger partial charge in [-0.25, -0.2) is 5.06 Å². The molecule has 100 valence electrons. The molecule has 0 aromatic carbocycles.